The van der Waals surface area contributed by atoms with E-state index in [0.29, 0.717) is 66.1 Å². The molecule has 17 heteroatoms. The summed E-state index contributed by atoms with van der Waals surface area (Å²) >= 11 is 0. The molecular weight excluding hydrogens is 971 g/mol. The number of hydrogen-bond donors (Lipinski definition) is 4. The topological polar surface area (TPSA) is 185 Å². The Bertz CT molecular complexity index is 3120. The summed E-state index contributed by atoms with van der Waals surface area (Å²) in [6, 6.07) is 20.6. The highest BCUT2D eigenvalue weighted by atomic mass is 19.1. The van der Waals surface area contributed by atoms with E-state index < -0.39 is 35.1 Å². The fraction of sp³-hybridized carbons (Fsp3) is 0.508. The van der Waals surface area contributed by atoms with E-state index in [2.05, 4.69) is 43.7 Å². The SMILES string of the molecule is Cc1c(F)cc2c(c1-c1c(C(N)=O)ccc(OCCO)c1F)C(C)C(CNC1CCC(C(=O)N3C4CCC5C(C(CN6CCC(c7ccc8c(N9CCC(=O)NC9=O)nn(C)c8c7)CC6)C4)C53)CC1)(c1ccccc1)O2. The average Bonchev–Trinajstić information content (AvgIpc) is 4.27. The maximum atomic E-state index is 16.6. The van der Waals surface area contributed by atoms with Gasteiger partial charge in [0.1, 0.15) is 18.2 Å². The standard InChI is InChI=1S/C59H68F2N8O7/c1-32-44(60)29-47-50(49(32)52-43(55(62)72)17-18-46(53(52)61)75-26-25-70)33(2)59(76-47,38-7-5-4-6-8-38)31-63-39-12-9-35(10-13-39)57(73)69-40-14-16-42-51(54(42)69)37(27-40)30-67-22-19-34(20-23-67)36-11-15-41-45(28-36)66(3)65-56(41)68-24-21-48(71)64-58(68)74/h4-8,11,15,17-18,28-29,33-35,37,39-40,42,51,54,63,70H,9-10,12-14,16,19-27,30-31H2,1-3H3,(H2,62,72)(H,64,71,74). The predicted octanol–water partition coefficient (Wildman–Crippen LogP) is 7.79. The fourth-order valence-corrected chi connectivity index (χ4v) is 14.8. The van der Waals surface area contributed by atoms with Crippen molar-refractivity contribution in [2.24, 2.45) is 36.5 Å². The number of imide groups is 1. The first-order valence-corrected chi connectivity index (χ1v) is 27.5. The molecule has 0 spiro atoms. The maximum Gasteiger partial charge on any atom is 0.329 e. The Hall–Kier alpha value is -6.43. The number of carbonyl (C=O) groups is 4. The van der Waals surface area contributed by atoms with Crippen LogP contribution in [-0.4, -0.2) is 113 Å². The number of primary amides is 1. The second kappa shape index (κ2) is 19.9. The summed E-state index contributed by atoms with van der Waals surface area (Å²) in [5, 5.41) is 21.3. The molecule has 4 saturated heterocycles. The van der Waals surface area contributed by atoms with Gasteiger partial charge < -0.3 is 35.4 Å². The van der Waals surface area contributed by atoms with Gasteiger partial charge in [-0.05, 0) is 148 Å². The molecular formula is C59H68F2N8O7. The monoisotopic (exact) mass is 1040 g/mol. The first kappa shape index (κ1) is 50.4. The van der Waals surface area contributed by atoms with E-state index in [1.807, 2.05) is 49.0 Å². The van der Waals surface area contributed by atoms with Crippen molar-refractivity contribution in [1.29, 1.82) is 0 Å². The number of aromatic nitrogens is 2. The molecule has 1 aromatic heterocycles. The largest absolute Gasteiger partial charge is 0.488 e. The number of fused-ring (bicyclic) bond motifs is 4. The number of nitrogens with zero attached hydrogens (tertiary/aromatic N) is 5. The van der Waals surface area contributed by atoms with Gasteiger partial charge in [-0.1, -0.05) is 43.3 Å². The molecule has 7 unspecified atom stereocenters. The molecule has 12 rings (SSSR count). The van der Waals surface area contributed by atoms with E-state index in [4.69, 9.17) is 15.2 Å². The summed E-state index contributed by atoms with van der Waals surface area (Å²) in [6.07, 6.45) is 9.02. The van der Waals surface area contributed by atoms with Crippen LogP contribution < -0.4 is 30.7 Å². The van der Waals surface area contributed by atoms with Crippen molar-refractivity contribution in [2.75, 3.05) is 50.8 Å². The minimum absolute atomic E-state index is 0.0165. The minimum atomic E-state index is -1.04. The molecule has 5 amide bonds. The third-order valence-electron chi connectivity index (χ3n) is 18.7. The van der Waals surface area contributed by atoms with Gasteiger partial charge >= 0.3 is 6.03 Å². The normalized spacial score (nSPS) is 28.3. The van der Waals surface area contributed by atoms with Crippen LogP contribution in [0.2, 0.25) is 0 Å². The number of amides is 5. The molecule has 400 valence electrons. The van der Waals surface area contributed by atoms with Crippen LogP contribution in [-0.2, 0) is 22.2 Å². The summed E-state index contributed by atoms with van der Waals surface area (Å²) in [6.45, 7) is 6.87. The maximum absolute atomic E-state index is 16.6. The summed E-state index contributed by atoms with van der Waals surface area (Å²) in [5.41, 5.74) is 8.53. The van der Waals surface area contributed by atoms with Crippen LogP contribution >= 0.6 is 0 Å². The quantitative estimate of drug-likeness (QED) is 0.0857. The summed E-state index contributed by atoms with van der Waals surface area (Å²) in [7, 11) is 1.91. The Labute approximate surface area is 441 Å². The molecule has 2 saturated carbocycles. The van der Waals surface area contributed by atoms with Gasteiger partial charge in [-0.25, -0.2) is 13.6 Å². The van der Waals surface area contributed by atoms with E-state index in [1.165, 1.54) is 30.2 Å². The minimum Gasteiger partial charge on any atom is -0.488 e. The second-order valence-electron chi connectivity index (χ2n) is 22.8. The fourth-order valence-electron chi connectivity index (χ4n) is 14.8. The first-order valence-electron chi connectivity index (χ1n) is 27.5. The number of rotatable bonds is 14. The van der Waals surface area contributed by atoms with Crippen LogP contribution in [0, 0.1) is 42.2 Å². The lowest BCUT2D eigenvalue weighted by Gasteiger charge is -2.44. The lowest BCUT2D eigenvalue weighted by atomic mass is 9.76. The molecule has 76 heavy (non-hydrogen) atoms. The highest BCUT2D eigenvalue weighted by Gasteiger charge is 2.65. The van der Waals surface area contributed by atoms with Crippen molar-refractivity contribution in [2.45, 2.75) is 114 Å². The third kappa shape index (κ3) is 8.60. The molecule has 5 N–H and O–H groups in total. The van der Waals surface area contributed by atoms with Gasteiger partial charge in [-0.3, -0.25) is 29.3 Å². The number of aliphatic hydroxyl groups excluding tert-OH is 1. The van der Waals surface area contributed by atoms with Gasteiger partial charge in [-0.15, -0.1) is 0 Å². The molecule has 7 aliphatic rings. The number of likely N-dealkylation sites (tertiary alicyclic amines) is 1. The number of benzene rings is 4. The molecule has 15 nitrogen and oxygen atoms in total. The van der Waals surface area contributed by atoms with Crippen LogP contribution in [0.25, 0.3) is 22.0 Å². The lowest BCUT2D eigenvalue weighted by Crippen LogP contribution is -2.53. The van der Waals surface area contributed by atoms with Crippen molar-refractivity contribution in [3.05, 3.63) is 106 Å². The van der Waals surface area contributed by atoms with E-state index in [1.54, 1.807) is 11.8 Å². The van der Waals surface area contributed by atoms with Gasteiger partial charge in [-0.2, -0.15) is 5.10 Å². The molecule has 2 aliphatic carbocycles. The number of aryl methyl sites for hydroxylation is 1. The lowest BCUT2D eigenvalue weighted by molar-refractivity contribution is -0.143. The van der Waals surface area contributed by atoms with Crippen LogP contribution in [0.15, 0.2) is 66.7 Å². The van der Waals surface area contributed by atoms with Crippen molar-refractivity contribution < 1.29 is 42.5 Å². The zero-order valence-corrected chi connectivity index (χ0v) is 43.5. The Kier molecular flexibility index (Phi) is 13.2. The highest BCUT2D eigenvalue weighted by molar-refractivity contribution is 6.09. The van der Waals surface area contributed by atoms with Crippen molar-refractivity contribution in [1.82, 2.24) is 30.2 Å². The number of urea groups is 1. The molecule has 2 bridgehead atoms. The number of nitrogens with one attached hydrogen (secondary N) is 2. The van der Waals surface area contributed by atoms with Gasteiger partial charge in [0, 0.05) is 85.6 Å². The Morgan fingerprint density at radius 2 is 1.74 bits per heavy atom. The zero-order chi connectivity index (χ0) is 52.7. The zero-order valence-electron chi connectivity index (χ0n) is 43.5. The van der Waals surface area contributed by atoms with E-state index >= 15 is 8.78 Å². The summed E-state index contributed by atoms with van der Waals surface area (Å²) < 4.78 is 47.0. The Balaban J connectivity index is 0.678. The van der Waals surface area contributed by atoms with Crippen LogP contribution in [0.3, 0.4) is 0 Å². The van der Waals surface area contributed by atoms with Gasteiger partial charge in [0.15, 0.2) is 23.0 Å². The summed E-state index contributed by atoms with van der Waals surface area (Å²) in [5.74, 6) is 0.0964. The number of halogens is 2. The molecule has 5 aromatic rings. The second-order valence-corrected chi connectivity index (χ2v) is 22.8. The number of aliphatic hydroxyl groups is 1. The number of ether oxygens (including phenoxy) is 2. The molecule has 0 radical (unpaired) electrons. The van der Waals surface area contributed by atoms with Gasteiger partial charge in [0.25, 0.3) is 0 Å². The molecule has 7 atom stereocenters. The Morgan fingerprint density at radius 1 is 0.961 bits per heavy atom. The third-order valence-corrected chi connectivity index (χ3v) is 18.7. The molecule has 6 fully saturated rings. The average molecular weight is 1040 g/mol. The van der Waals surface area contributed by atoms with Gasteiger partial charge in [0.2, 0.25) is 17.7 Å². The molecule has 6 heterocycles. The van der Waals surface area contributed by atoms with E-state index in [0.717, 1.165) is 87.5 Å². The van der Waals surface area contributed by atoms with Crippen LogP contribution in [0.5, 0.6) is 11.5 Å². The number of nitrogens with two attached hydrogens (primary N) is 1. The Morgan fingerprint density at radius 3 is 2.47 bits per heavy atom. The van der Waals surface area contributed by atoms with Crippen molar-refractivity contribution >= 4 is 40.5 Å². The van der Waals surface area contributed by atoms with Gasteiger partial charge in [0.05, 0.1) is 17.7 Å². The highest BCUT2D eigenvalue weighted by Crippen LogP contribution is 2.61. The van der Waals surface area contributed by atoms with Crippen molar-refractivity contribution in [3.8, 4) is 22.6 Å². The number of anilines is 1. The molecule has 4 aromatic carbocycles. The van der Waals surface area contributed by atoms with Crippen LogP contribution in [0.1, 0.15) is 116 Å². The summed E-state index contributed by atoms with van der Waals surface area (Å²) in [4.78, 5) is 58.5. The number of carbonyl (C=O) groups excluding carboxylic acids is 4. The van der Waals surface area contributed by atoms with E-state index in [-0.39, 0.29) is 71.3 Å². The van der Waals surface area contributed by atoms with Crippen LogP contribution in [0.4, 0.5) is 19.4 Å². The smallest absolute Gasteiger partial charge is 0.329 e. The van der Waals surface area contributed by atoms with Crippen molar-refractivity contribution in [3.63, 3.8) is 0 Å². The predicted molar refractivity (Wildman–Crippen MR) is 282 cm³/mol. The van der Waals surface area contributed by atoms with E-state index in [9.17, 15) is 24.3 Å². The number of hydrogen-bond acceptors (Lipinski definition) is 10. The number of piperidine rings is 3. The first-order chi connectivity index (χ1) is 36.7. The molecule has 5 aliphatic heterocycles.